The van der Waals surface area contributed by atoms with Crippen molar-refractivity contribution in [2.45, 2.75) is 37.8 Å². The highest BCUT2D eigenvalue weighted by molar-refractivity contribution is 7.92. The van der Waals surface area contributed by atoms with E-state index in [9.17, 15) is 28.1 Å². The van der Waals surface area contributed by atoms with Gasteiger partial charge in [0.25, 0.3) is 15.7 Å². The van der Waals surface area contributed by atoms with Crippen LogP contribution in [-0.2, 0) is 26.2 Å². The van der Waals surface area contributed by atoms with Gasteiger partial charge >= 0.3 is 0 Å². The number of sulfonamides is 1. The van der Waals surface area contributed by atoms with Gasteiger partial charge < -0.3 is 10.2 Å². The lowest BCUT2D eigenvalue weighted by Gasteiger charge is -2.32. The molecule has 0 unspecified atom stereocenters. The van der Waals surface area contributed by atoms with E-state index in [2.05, 4.69) is 5.32 Å². The highest BCUT2D eigenvalue weighted by atomic mass is 32.2. The maximum absolute atomic E-state index is 13.8. The zero-order valence-electron chi connectivity index (χ0n) is 21.2. The number of amides is 2. The minimum atomic E-state index is -4.30. The third kappa shape index (κ3) is 6.94. The number of nitro groups is 1. The molecule has 3 aromatic carbocycles. The molecule has 200 valence electrons. The molecule has 0 aromatic heterocycles. The molecule has 3 rings (SSSR count). The minimum absolute atomic E-state index is 0.0425. The Morgan fingerprint density at radius 3 is 2.21 bits per heavy atom. The summed E-state index contributed by atoms with van der Waals surface area (Å²) >= 11 is 0. The summed E-state index contributed by atoms with van der Waals surface area (Å²) in [7, 11) is -4.30. The van der Waals surface area contributed by atoms with Crippen LogP contribution in [0.5, 0.6) is 0 Å². The van der Waals surface area contributed by atoms with E-state index in [4.69, 9.17) is 0 Å². The number of anilines is 1. The molecule has 0 heterocycles. The number of hydrogen-bond acceptors (Lipinski definition) is 6. The molecule has 0 aliphatic carbocycles. The second-order valence-corrected chi connectivity index (χ2v) is 10.4. The van der Waals surface area contributed by atoms with Crippen molar-refractivity contribution < 1.29 is 22.9 Å². The second kappa shape index (κ2) is 12.8. The van der Waals surface area contributed by atoms with E-state index in [1.807, 2.05) is 13.0 Å². The van der Waals surface area contributed by atoms with Gasteiger partial charge in [-0.3, -0.25) is 24.0 Å². The monoisotopic (exact) mass is 538 g/mol. The Labute approximate surface area is 222 Å². The number of carbonyl (C=O) groups excluding carboxylic acids is 2. The zero-order chi connectivity index (χ0) is 27.7. The lowest BCUT2D eigenvalue weighted by Crippen LogP contribution is -2.51. The van der Waals surface area contributed by atoms with Crippen molar-refractivity contribution in [1.82, 2.24) is 10.2 Å². The zero-order valence-corrected chi connectivity index (χ0v) is 22.0. The molecule has 11 heteroatoms. The summed E-state index contributed by atoms with van der Waals surface area (Å²) in [6.07, 6.45) is 0.709. The van der Waals surface area contributed by atoms with Crippen molar-refractivity contribution in [3.63, 3.8) is 0 Å². The highest BCUT2D eigenvalue weighted by Gasteiger charge is 2.33. The summed E-state index contributed by atoms with van der Waals surface area (Å²) in [6.45, 7) is 3.31. The summed E-state index contributed by atoms with van der Waals surface area (Å²) in [5, 5.41) is 14.2. The van der Waals surface area contributed by atoms with Gasteiger partial charge in [-0.25, -0.2) is 8.42 Å². The first-order valence-corrected chi connectivity index (χ1v) is 13.5. The molecule has 38 heavy (non-hydrogen) atoms. The van der Waals surface area contributed by atoms with E-state index in [1.54, 1.807) is 49.4 Å². The number of nitro benzene ring substituents is 1. The fourth-order valence-electron chi connectivity index (χ4n) is 3.77. The molecule has 0 bridgehead atoms. The summed E-state index contributed by atoms with van der Waals surface area (Å²) in [6, 6.07) is 20.7. The van der Waals surface area contributed by atoms with Crippen molar-refractivity contribution in [2.24, 2.45) is 0 Å². The van der Waals surface area contributed by atoms with E-state index < -0.39 is 33.4 Å². The number of non-ortho nitro benzene ring substituents is 1. The van der Waals surface area contributed by atoms with Crippen LogP contribution >= 0.6 is 0 Å². The maximum Gasteiger partial charge on any atom is 0.271 e. The van der Waals surface area contributed by atoms with Gasteiger partial charge in [0.05, 0.1) is 15.5 Å². The standard InChI is InChI=1S/C27H30N4O6S/c1-3-17-28-27(33)21(2)29(19-22-11-6-4-7-12-22)26(32)20-30(23-13-10-14-24(18-23)31(34)35)38(36,37)25-15-8-5-9-16-25/h4-16,18,21H,3,17,19-20H2,1-2H3,(H,28,33)/t21-/m0/s1. The topological polar surface area (TPSA) is 130 Å². The fraction of sp³-hybridized carbons (Fsp3) is 0.259. The average molecular weight is 539 g/mol. The molecule has 0 radical (unpaired) electrons. The fourth-order valence-corrected chi connectivity index (χ4v) is 5.20. The number of nitrogens with one attached hydrogen (secondary N) is 1. The van der Waals surface area contributed by atoms with Crippen LogP contribution in [0.4, 0.5) is 11.4 Å². The molecule has 3 aromatic rings. The maximum atomic E-state index is 13.8. The van der Waals surface area contributed by atoms with Gasteiger partial charge in [-0.1, -0.05) is 61.5 Å². The van der Waals surface area contributed by atoms with Crippen molar-refractivity contribution in [2.75, 3.05) is 17.4 Å². The second-order valence-electron chi connectivity index (χ2n) is 8.58. The van der Waals surface area contributed by atoms with Crippen molar-refractivity contribution in [3.05, 3.63) is 101 Å². The van der Waals surface area contributed by atoms with Crippen molar-refractivity contribution in [1.29, 1.82) is 0 Å². The number of rotatable bonds is 12. The molecular formula is C27H30N4O6S. The Morgan fingerprint density at radius 2 is 1.61 bits per heavy atom. The molecule has 2 amide bonds. The number of carbonyl (C=O) groups is 2. The molecule has 0 saturated heterocycles. The first-order chi connectivity index (χ1) is 18.1. The molecule has 1 N–H and O–H groups in total. The molecular weight excluding hydrogens is 508 g/mol. The summed E-state index contributed by atoms with van der Waals surface area (Å²) in [5.74, 6) is -1.01. The molecule has 0 spiro atoms. The first-order valence-electron chi connectivity index (χ1n) is 12.1. The van der Waals surface area contributed by atoms with Gasteiger partial charge in [0, 0.05) is 25.2 Å². The molecule has 0 aliphatic rings. The van der Waals surface area contributed by atoms with Crippen molar-refractivity contribution >= 4 is 33.2 Å². The largest absolute Gasteiger partial charge is 0.354 e. The van der Waals surface area contributed by atoms with E-state index in [0.29, 0.717) is 13.0 Å². The predicted octanol–water partition coefficient (Wildman–Crippen LogP) is 3.73. The molecule has 0 saturated carbocycles. The van der Waals surface area contributed by atoms with Gasteiger partial charge in [0.1, 0.15) is 12.6 Å². The third-order valence-corrected chi connectivity index (χ3v) is 7.64. The summed E-state index contributed by atoms with van der Waals surface area (Å²) in [4.78, 5) is 38.6. The Balaban J connectivity index is 2.04. The van der Waals surface area contributed by atoms with E-state index in [1.165, 1.54) is 35.2 Å². The molecule has 0 aliphatic heterocycles. The van der Waals surface area contributed by atoms with Gasteiger partial charge in [0.15, 0.2) is 0 Å². The smallest absolute Gasteiger partial charge is 0.271 e. The Bertz CT molecular complexity index is 1370. The van der Waals surface area contributed by atoms with Crippen molar-refractivity contribution in [3.8, 4) is 0 Å². The van der Waals surface area contributed by atoms with Gasteiger partial charge in [0.2, 0.25) is 11.8 Å². The quantitative estimate of drug-likeness (QED) is 0.276. The highest BCUT2D eigenvalue weighted by Crippen LogP contribution is 2.27. The molecule has 10 nitrogen and oxygen atoms in total. The molecule has 1 atom stereocenters. The minimum Gasteiger partial charge on any atom is -0.354 e. The lowest BCUT2D eigenvalue weighted by atomic mass is 10.1. The molecule has 0 fully saturated rings. The number of hydrogen-bond donors (Lipinski definition) is 1. The Kier molecular flexibility index (Phi) is 9.55. The van der Waals surface area contributed by atoms with Crippen LogP contribution in [0.2, 0.25) is 0 Å². The van der Waals surface area contributed by atoms with E-state index >= 15 is 0 Å². The predicted molar refractivity (Wildman–Crippen MR) is 144 cm³/mol. The Morgan fingerprint density at radius 1 is 0.974 bits per heavy atom. The van der Waals surface area contributed by atoms with Crippen LogP contribution in [0.25, 0.3) is 0 Å². The summed E-state index contributed by atoms with van der Waals surface area (Å²) < 4.78 is 28.2. The van der Waals surface area contributed by atoms with Gasteiger partial charge in [-0.2, -0.15) is 0 Å². The lowest BCUT2D eigenvalue weighted by molar-refractivity contribution is -0.384. The number of benzene rings is 3. The SMILES string of the molecule is CCCNC(=O)[C@H](C)N(Cc1ccccc1)C(=O)CN(c1cccc([N+](=O)[O-])c1)S(=O)(=O)c1ccccc1. The van der Waals surface area contributed by atoms with Crippen LogP contribution in [0.1, 0.15) is 25.8 Å². The van der Waals surface area contributed by atoms with Crippen LogP contribution in [0.3, 0.4) is 0 Å². The van der Waals surface area contributed by atoms with E-state index in [-0.39, 0.29) is 28.7 Å². The first kappa shape index (κ1) is 28.3. The van der Waals surface area contributed by atoms with Crippen LogP contribution in [0.15, 0.2) is 89.8 Å². The van der Waals surface area contributed by atoms with Crippen LogP contribution in [0, 0.1) is 10.1 Å². The van der Waals surface area contributed by atoms with Gasteiger partial charge in [-0.05, 0) is 37.1 Å². The van der Waals surface area contributed by atoms with Crippen LogP contribution < -0.4 is 9.62 Å². The van der Waals surface area contributed by atoms with E-state index in [0.717, 1.165) is 15.9 Å². The van der Waals surface area contributed by atoms with Crippen LogP contribution in [-0.4, -0.2) is 49.2 Å². The average Bonchev–Trinajstić information content (AvgIpc) is 2.93. The summed E-state index contributed by atoms with van der Waals surface area (Å²) in [5.41, 5.74) is 0.389. The number of nitrogens with zero attached hydrogens (tertiary/aromatic N) is 3. The van der Waals surface area contributed by atoms with Gasteiger partial charge in [-0.15, -0.1) is 0 Å². The normalized spacial score (nSPS) is 11.8. The Hall–Kier alpha value is -4.25. The third-order valence-electron chi connectivity index (χ3n) is 5.85.